The summed E-state index contributed by atoms with van der Waals surface area (Å²) in [5.74, 6) is 5.16. The van der Waals surface area contributed by atoms with E-state index in [9.17, 15) is 9.18 Å². The van der Waals surface area contributed by atoms with Crippen molar-refractivity contribution in [2.45, 2.75) is 19.9 Å². The topological polar surface area (TPSA) is 56.2 Å². The van der Waals surface area contributed by atoms with E-state index in [1.165, 1.54) is 12.3 Å². The number of nitrogens with zero attached hydrogens (tertiary/aromatic N) is 2. The zero-order valence-corrected chi connectivity index (χ0v) is 17.7. The summed E-state index contributed by atoms with van der Waals surface area (Å²) >= 11 is 6.21. The first-order valence-electron chi connectivity index (χ1n) is 9.99. The smallest absolute Gasteiger partial charge is 0.275 e. The summed E-state index contributed by atoms with van der Waals surface area (Å²) in [5, 5.41) is 7.08. The van der Waals surface area contributed by atoms with Gasteiger partial charge in [-0.1, -0.05) is 41.6 Å². The number of ether oxygens (including phenoxy) is 1. The fourth-order valence-electron chi connectivity index (χ4n) is 3.51. The maximum absolute atomic E-state index is 14.8. The van der Waals surface area contributed by atoms with Crippen LogP contribution in [-0.4, -0.2) is 28.9 Å². The first-order chi connectivity index (χ1) is 15.0. The largest absolute Gasteiger partial charge is 0.381 e. The van der Waals surface area contributed by atoms with Gasteiger partial charge in [-0.2, -0.15) is 5.10 Å². The predicted molar refractivity (Wildman–Crippen MR) is 118 cm³/mol. The molecule has 1 amide bonds. The zero-order valence-electron chi connectivity index (χ0n) is 17.0. The molecule has 0 bridgehead atoms. The number of nitrogens with one attached hydrogen (secondary N) is 1. The molecule has 3 aromatic rings. The molecule has 1 fully saturated rings. The van der Waals surface area contributed by atoms with Crippen LogP contribution in [0.25, 0.3) is 0 Å². The van der Waals surface area contributed by atoms with Crippen LogP contribution >= 0.6 is 11.6 Å². The van der Waals surface area contributed by atoms with Crippen LogP contribution in [0.2, 0.25) is 5.02 Å². The van der Waals surface area contributed by atoms with Gasteiger partial charge in [0.2, 0.25) is 0 Å². The molecule has 0 saturated carbocycles. The Balaban J connectivity index is 1.54. The lowest BCUT2D eigenvalue weighted by molar-refractivity contribution is 0.101. The average Bonchev–Trinajstić information content (AvgIpc) is 3.40. The van der Waals surface area contributed by atoms with Gasteiger partial charge in [0.25, 0.3) is 5.91 Å². The molecule has 1 N–H and O–H groups in total. The fourth-order valence-corrected chi connectivity index (χ4v) is 3.74. The molecule has 31 heavy (non-hydrogen) atoms. The number of carbonyl (C=O) groups is 1. The number of halogens is 2. The number of amides is 1. The monoisotopic (exact) mass is 437 g/mol. The number of aryl methyl sites for hydroxylation is 1. The minimum Gasteiger partial charge on any atom is -0.381 e. The summed E-state index contributed by atoms with van der Waals surface area (Å²) in [6, 6.07) is 12.5. The molecule has 1 atom stereocenters. The second kappa shape index (κ2) is 9.34. The summed E-state index contributed by atoms with van der Waals surface area (Å²) in [6.07, 6.45) is 2.33. The van der Waals surface area contributed by atoms with Crippen molar-refractivity contribution in [3.05, 3.63) is 81.9 Å². The molecule has 2 aromatic carbocycles. The predicted octanol–water partition coefficient (Wildman–Crippen LogP) is 4.67. The number of hydrogen-bond acceptors (Lipinski definition) is 3. The molecule has 1 unspecified atom stereocenters. The van der Waals surface area contributed by atoms with Crippen LogP contribution in [0.15, 0.2) is 48.7 Å². The van der Waals surface area contributed by atoms with Crippen LogP contribution < -0.4 is 5.32 Å². The summed E-state index contributed by atoms with van der Waals surface area (Å²) in [5.41, 5.74) is 2.25. The van der Waals surface area contributed by atoms with Gasteiger partial charge < -0.3 is 10.1 Å². The number of anilines is 1. The second-order valence-electron chi connectivity index (χ2n) is 7.47. The standard InChI is InChI=1S/C24H21ClFN3O2/c1-16-11-18(8-7-17-5-3-2-4-6-17)12-21(26)22(16)28-24(30)23-20(25)13-27-29(23)14-19-9-10-31-15-19/h2-6,11-13,19H,9-10,14-15H2,1H3,(H,28,30). The SMILES string of the molecule is Cc1cc(C#Cc2ccccc2)cc(F)c1NC(=O)c1c(Cl)cnn1CC1CCOC1. The third kappa shape index (κ3) is 4.96. The quantitative estimate of drug-likeness (QED) is 0.603. The van der Waals surface area contributed by atoms with E-state index in [1.54, 1.807) is 17.7 Å². The highest BCUT2D eigenvalue weighted by atomic mass is 35.5. The lowest BCUT2D eigenvalue weighted by Crippen LogP contribution is -2.22. The maximum atomic E-state index is 14.8. The van der Waals surface area contributed by atoms with E-state index in [0.717, 1.165) is 12.0 Å². The van der Waals surface area contributed by atoms with Crippen molar-refractivity contribution >= 4 is 23.2 Å². The second-order valence-corrected chi connectivity index (χ2v) is 7.88. The number of hydrogen-bond donors (Lipinski definition) is 1. The Bertz CT molecular complexity index is 1140. The van der Waals surface area contributed by atoms with Crippen LogP contribution in [0.5, 0.6) is 0 Å². The van der Waals surface area contributed by atoms with Gasteiger partial charge in [0.1, 0.15) is 11.5 Å². The van der Waals surface area contributed by atoms with Crippen molar-refractivity contribution in [3.63, 3.8) is 0 Å². The van der Waals surface area contributed by atoms with Crippen molar-refractivity contribution in [1.29, 1.82) is 0 Å². The van der Waals surface area contributed by atoms with Gasteiger partial charge >= 0.3 is 0 Å². The van der Waals surface area contributed by atoms with E-state index in [0.29, 0.717) is 30.9 Å². The Morgan fingerprint density at radius 1 is 1.29 bits per heavy atom. The van der Waals surface area contributed by atoms with Gasteiger partial charge in [-0.3, -0.25) is 9.48 Å². The van der Waals surface area contributed by atoms with Gasteiger partial charge in [0.05, 0.1) is 23.5 Å². The molecular weight excluding hydrogens is 417 g/mol. The first kappa shape index (κ1) is 21.1. The van der Waals surface area contributed by atoms with Gasteiger partial charge in [0.15, 0.2) is 0 Å². The van der Waals surface area contributed by atoms with Crippen molar-refractivity contribution in [2.24, 2.45) is 5.92 Å². The van der Waals surface area contributed by atoms with Crippen LogP contribution in [0, 0.1) is 30.5 Å². The van der Waals surface area contributed by atoms with E-state index in [-0.39, 0.29) is 22.3 Å². The molecule has 4 rings (SSSR count). The molecular formula is C24H21ClFN3O2. The molecule has 0 aliphatic carbocycles. The zero-order chi connectivity index (χ0) is 21.8. The molecule has 0 spiro atoms. The average molecular weight is 438 g/mol. The number of carbonyl (C=O) groups excluding carboxylic acids is 1. The summed E-state index contributed by atoms with van der Waals surface area (Å²) < 4.78 is 21.8. The highest BCUT2D eigenvalue weighted by molar-refractivity contribution is 6.34. The van der Waals surface area contributed by atoms with Gasteiger partial charge in [-0.05, 0) is 43.2 Å². The van der Waals surface area contributed by atoms with Crippen LogP contribution in [-0.2, 0) is 11.3 Å². The molecule has 1 aliphatic rings. The third-order valence-corrected chi connectivity index (χ3v) is 5.39. The van der Waals surface area contributed by atoms with Crippen LogP contribution in [0.3, 0.4) is 0 Å². The van der Waals surface area contributed by atoms with Gasteiger partial charge in [0, 0.05) is 30.2 Å². The normalized spacial score (nSPS) is 15.4. The van der Waals surface area contributed by atoms with E-state index in [4.69, 9.17) is 16.3 Å². The number of benzene rings is 2. The van der Waals surface area contributed by atoms with Crippen molar-refractivity contribution in [1.82, 2.24) is 9.78 Å². The molecule has 7 heteroatoms. The van der Waals surface area contributed by atoms with E-state index >= 15 is 0 Å². The molecule has 158 valence electrons. The molecule has 2 heterocycles. The Labute approximate surface area is 185 Å². The third-order valence-electron chi connectivity index (χ3n) is 5.12. The van der Waals surface area contributed by atoms with Crippen LogP contribution in [0.1, 0.15) is 33.6 Å². The number of aromatic nitrogens is 2. The van der Waals surface area contributed by atoms with Crippen molar-refractivity contribution < 1.29 is 13.9 Å². The Morgan fingerprint density at radius 2 is 2.06 bits per heavy atom. The highest BCUT2D eigenvalue weighted by Gasteiger charge is 2.23. The van der Waals surface area contributed by atoms with E-state index < -0.39 is 11.7 Å². The van der Waals surface area contributed by atoms with Crippen molar-refractivity contribution in [2.75, 3.05) is 18.5 Å². The minimum atomic E-state index is -0.558. The fraction of sp³-hybridized carbons (Fsp3) is 0.250. The summed E-state index contributed by atoms with van der Waals surface area (Å²) in [7, 11) is 0. The summed E-state index contributed by atoms with van der Waals surface area (Å²) in [4.78, 5) is 12.9. The number of rotatable bonds is 4. The van der Waals surface area contributed by atoms with Gasteiger partial charge in [-0.25, -0.2) is 4.39 Å². The van der Waals surface area contributed by atoms with Crippen molar-refractivity contribution in [3.8, 4) is 11.8 Å². The first-order valence-corrected chi connectivity index (χ1v) is 10.4. The summed E-state index contributed by atoms with van der Waals surface area (Å²) in [6.45, 7) is 3.56. The highest BCUT2D eigenvalue weighted by Crippen LogP contribution is 2.25. The maximum Gasteiger partial charge on any atom is 0.275 e. The molecule has 5 nitrogen and oxygen atoms in total. The molecule has 1 saturated heterocycles. The Hall–Kier alpha value is -3.14. The Morgan fingerprint density at radius 3 is 2.77 bits per heavy atom. The lowest BCUT2D eigenvalue weighted by atomic mass is 10.1. The minimum absolute atomic E-state index is 0.100. The van der Waals surface area contributed by atoms with Crippen LogP contribution in [0.4, 0.5) is 10.1 Å². The molecule has 0 radical (unpaired) electrons. The van der Waals surface area contributed by atoms with E-state index in [2.05, 4.69) is 22.3 Å². The molecule has 1 aromatic heterocycles. The van der Waals surface area contributed by atoms with Gasteiger partial charge in [-0.15, -0.1) is 0 Å². The lowest BCUT2D eigenvalue weighted by Gasteiger charge is -2.14. The van der Waals surface area contributed by atoms with E-state index in [1.807, 2.05) is 30.3 Å². The Kier molecular flexibility index (Phi) is 6.36. The molecule has 1 aliphatic heterocycles.